The molecule has 2 heterocycles. The molecule has 150 valence electrons. The largest absolute Gasteiger partial charge is 0.494 e. The number of carbonyl (C=O) groups excluding carboxylic acids is 1. The van der Waals surface area contributed by atoms with E-state index in [1.807, 2.05) is 54.2 Å². The maximum atomic E-state index is 12.8. The third kappa shape index (κ3) is 4.91. The molecule has 1 aromatic carbocycles. The Kier molecular flexibility index (Phi) is 6.68. The van der Waals surface area contributed by atoms with E-state index in [1.165, 1.54) is 0 Å². The van der Waals surface area contributed by atoms with Gasteiger partial charge in [-0.2, -0.15) is 5.10 Å². The third-order valence-electron chi connectivity index (χ3n) is 4.89. The molecular weight excluding hydrogens is 354 g/mol. The van der Waals surface area contributed by atoms with Crippen LogP contribution in [0.3, 0.4) is 0 Å². The lowest BCUT2D eigenvalue weighted by molar-refractivity contribution is 0.0746. The molecule has 1 aromatic heterocycles. The Bertz CT molecular complexity index is 771. The number of benzene rings is 1. The molecule has 0 radical (unpaired) electrons. The predicted octanol–water partition coefficient (Wildman–Crippen LogP) is 2.68. The van der Waals surface area contributed by atoms with Crippen molar-refractivity contribution in [3.05, 3.63) is 42.1 Å². The number of ether oxygens (including phenoxy) is 1. The van der Waals surface area contributed by atoms with Crippen LogP contribution in [0.4, 0.5) is 11.5 Å². The van der Waals surface area contributed by atoms with Crippen LogP contribution in [0.5, 0.6) is 5.75 Å². The summed E-state index contributed by atoms with van der Waals surface area (Å²) in [4.78, 5) is 18.9. The lowest BCUT2D eigenvalue weighted by atomic mass is 10.1. The van der Waals surface area contributed by atoms with Crippen LogP contribution in [0.25, 0.3) is 0 Å². The second-order valence-electron chi connectivity index (χ2n) is 7.17. The van der Waals surface area contributed by atoms with E-state index in [4.69, 9.17) is 4.74 Å². The van der Waals surface area contributed by atoms with Gasteiger partial charge in [-0.1, -0.05) is 13.3 Å². The molecule has 1 amide bonds. The summed E-state index contributed by atoms with van der Waals surface area (Å²) in [5, 5.41) is 8.21. The van der Waals surface area contributed by atoms with Gasteiger partial charge in [0.1, 0.15) is 5.75 Å². The zero-order valence-electron chi connectivity index (χ0n) is 17.0. The molecule has 0 N–H and O–H groups in total. The minimum Gasteiger partial charge on any atom is -0.494 e. The monoisotopic (exact) mass is 383 g/mol. The summed E-state index contributed by atoms with van der Waals surface area (Å²) in [5.74, 6) is 1.72. The number of rotatable bonds is 7. The molecule has 0 spiro atoms. The van der Waals surface area contributed by atoms with E-state index in [1.54, 1.807) is 6.20 Å². The topological polar surface area (TPSA) is 61.8 Å². The minimum atomic E-state index is 0.0709. The van der Waals surface area contributed by atoms with Crippen molar-refractivity contribution in [3.63, 3.8) is 0 Å². The summed E-state index contributed by atoms with van der Waals surface area (Å²) in [7, 11) is 3.90. The van der Waals surface area contributed by atoms with Crippen molar-refractivity contribution in [2.24, 2.45) is 0 Å². The lowest BCUT2D eigenvalue weighted by Crippen LogP contribution is -2.48. The van der Waals surface area contributed by atoms with Gasteiger partial charge in [0.15, 0.2) is 5.82 Å². The van der Waals surface area contributed by atoms with Crippen LogP contribution in [0.15, 0.2) is 36.5 Å². The molecule has 1 aliphatic heterocycles. The predicted molar refractivity (Wildman–Crippen MR) is 111 cm³/mol. The van der Waals surface area contributed by atoms with Crippen LogP contribution in [0, 0.1) is 0 Å². The number of amides is 1. The molecule has 0 aliphatic carbocycles. The SMILES string of the molecule is CCCCOc1ccc(C(=O)N2CCN(c3cnnc(N(C)C)c3)CC2)cc1. The van der Waals surface area contributed by atoms with Crippen molar-refractivity contribution in [2.45, 2.75) is 19.8 Å². The molecule has 7 nitrogen and oxygen atoms in total. The highest BCUT2D eigenvalue weighted by atomic mass is 16.5. The normalized spacial score (nSPS) is 14.1. The van der Waals surface area contributed by atoms with Gasteiger partial charge in [0.2, 0.25) is 0 Å². The van der Waals surface area contributed by atoms with Crippen LogP contribution in [-0.4, -0.2) is 67.9 Å². The first-order valence-corrected chi connectivity index (χ1v) is 9.85. The van der Waals surface area contributed by atoms with Crippen molar-refractivity contribution in [3.8, 4) is 5.75 Å². The number of aromatic nitrogens is 2. The van der Waals surface area contributed by atoms with Gasteiger partial charge in [-0.25, -0.2) is 0 Å². The van der Waals surface area contributed by atoms with Crippen molar-refractivity contribution in [1.29, 1.82) is 0 Å². The molecule has 1 saturated heterocycles. The Morgan fingerprint density at radius 1 is 1.14 bits per heavy atom. The summed E-state index contributed by atoms with van der Waals surface area (Å²) in [5.41, 5.74) is 1.75. The van der Waals surface area contributed by atoms with Crippen molar-refractivity contribution < 1.29 is 9.53 Å². The maximum Gasteiger partial charge on any atom is 0.253 e. The molecule has 0 unspecified atom stereocenters. The van der Waals surface area contributed by atoms with E-state index in [2.05, 4.69) is 22.0 Å². The third-order valence-corrected chi connectivity index (χ3v) is 4.89. The Hall–Kier alpha value is -2.83. The molecule has 0 atom stereocenters. The molecule has 0 bridgehead atoms. The Labute approximate surface area is 166 Å². The van der Waals surface area contributed by atoms with Crippen molar-refractivity contribution >= 4 is 17.4 Å². The quantitative estimate of drug-likeness (QED) is 0.685. The van der Waals surface area contributed by atoms with Crippen molar-refractivity contribution in [1.82, 2.24) is 15.1 Å². The Morgan fingerprint density at radius 3 is 2.50 bits per heavy atom. The van der Waals surface area contributed by atoms with Crippen LogP contribution in [-0.2, 0) is 0 Å². The minimum absolute atomic E-state index is 0.0709. The van der Waals surface area contributed by atoms with E-state index >= 15 is 0 Å². The second-order valence-corrected chi connectivity index (χ2v) is 7.17. The molecular formula is C21H29N5O2. The van der Waals surface area contributed by atoms with Gasteiger partial charge in [0, 0.05) is 51.9 Å². The number of unbranched alkanes of at least 4 members (excludes halogenated alkanes) is 1. The molecule has 1 aliphatic rings. The highest BCUT2D eigenvalue weighted by molar-refractivity contribution is 5.94. The van der Waals surface area contributed by atoms with Gasteiger partial charge in [-0.15, -0.1) is 5.10 Å². The standard InChI is InChI=1S/C21H29N5O2/c1-4-5-14-28-19-8-6-17(7-9-19)21(27)26-12-10-25(11-13-26)18-15-20(24(2)3)23-22-16-18/h6-9,15-16H,4-5,10-14H2,1-3H3. The number of piperazine rings is 1. The van der Waals surface area contributed by atoms with Crippen LogP contribution in [0.1, 0.15) is 30.1 Å². The average molecular weight is 383 g/mol. The van der Waals surface area contributed by atoms with E-state index in [9.17, 15) is 4.79 Å². The highest BCUT2D eigenvalue weighted by Gasteiger charge is 2.23. The first-order valence-electron chi connectivity index (χ1n) is 9.85. The first kappa shape index (κ1) is 19.9. The second kappa shape index (κ2) is 9.39. The summed E-state index contributed by atoms with van der Waals surface area (Å²) < 4.78 is 5.67. The van der Waals surface area contributed by atoms with Gasteiger partial charge in [-0.3, -0.25) is 4.79 Å². The van der Waals surface area contributed by atoms with Crippen LogP contribution >= 0.6 is 0 Å². The molecule has 1 fully saturated rings. The van der Waals surface area contributed by atoms with Gasteiger partial charge in [0.25, 0.3) is 5.91 Å². The fourth-order valence-corrected chi connectivity index (χ4v) is 3.12. The Balaban J connectivity index is 1.55. The molecule has 2 aromatic rings. The number of hydrogen-bond donors (Lipinski definition) is 0. The summed E-state index contributed by atoms with van der Waals surface area (Å²) in [6, 6.07) is 9.50. The van der Waals surface area contributed by atoms with Crippen LogP contribution in [0.2, 0.25) is 0 Å². The average Bonchev–Trinajstić information content (AvgIpc) is 2.74. The highest BCUT2D eigenvalue weighted by Crippen LogP contribution is 2.20. The van der Waals surface area contributed by atoms with E-state index < -0.39 is 0 Å². The maximum absolute atomic E-state index is 12.8. The van der Waals surface area contributed by atoms with E-state index in [0.29, 0.717) is 25.3 Å². The lowest BCUT2D eigenvalue weighted by Gasteiger charge is -2.36. The summed E-state index contributed by atoms with van der Waals surface area (Å²) in [6.07, 6.45) is 3.92. The number of anilines is 2. The first-order chi connectivity index (χ1) is 13.6. The number of carbonyl (C=O) groups is 1. The molecule has 3 rings (SSSR count). The number of hydrogen-bond acceptors (Lipinski definition) is 6. The van der Waals surface area contributed by atoms with Gasteiger partial charge >= 0.3 is 0 Å². The van der Waals surface area contributed by atoms with Gasteiger partial charge in [-0.05, 0) is 30.7 Å². The molecule has 28 heavy (non-hydrogen) atoms. The van der Waals surface area contributed by atoms with Crippen LogP contribution < -0.4 is 14.5 Å². The molecule has 7 heteroatoms. The zero-order chi connectivity index (χ0) is 19.9. The molecule has 0 saturated carbocycles. The van der Waals surface area contributed by atoms with Crippen molar-refractivity contribution in [2.75, 3.05) is 56.7 Å². The van der Waals surface area contributed by atoms with E-state index in [-0.39, 0.29) is 5.91 Å². The number of nitrogens with zero attached hydrogens (tertiary/aromatic N) is 5. The Morgan fingerprint density at radius 2 is 1.86 bits per heavy atom. The van der Waals surface area contributed by atoms with Gasteiger partial charge in [0.05, 0.1) is 18.5 Å². The summed E-state index contributed by atoms with van der Waals surface area (Å²) >= 11 is 0. The fraction of sp³-hybridized carbons (Fsp3) is 0.476. The smallest absolute Gasteiger partial charge is 0.253 e. The zero-order valence-corrected chi connectivity index (χ0v) is 17.0. The summed E-state index contributed by atoms with van der Waals surface area (Å²) in [6.45, 7) is 5.79. The van der Waals surface area contributed by atoms with E-state index in [0.717, 1.165) is 43.2 Å². The fourth-order valence-electron chi connectivity index (χ4n) is 3.12. The van der Waals surface area contributed by atoms with Gasteiger partial charge < -0.3 is 19.4 Å².